The van der Waals surface area contributed by atoms with Crippen molar-refractivity contribution in [2.75, 3.05) is 33.2 Å². The first-order valence-electron chi connectivity index (χ1n) is 7.42. The fourth-order valence-electron chi connectivity index (χ4n) is 2.73. The molecule has 0 bridgehead atoms. The van der Waals surface area contributed by atoms with Gasteiger partial charge in [-0.15, -0.1) is 0 Å². The van der Waals surface area contributed by atoms with Crippen molar-refractivity contribution in [3.05, 3.63) is 48.0 Å². The molecule has 0 aliphatic carbocycles. The van der Waals surface area contributed by atoms with Crippen LogP contribution in [0.2, 0.25) is 0 Å². The lowest BCUT2D eigenvalue weighted by Crippen LogP contribution is -2.28. The van der Waals surface area contributed by atoms with E-state index < -0.39 is 0 Å². The highest BCUT2D eigenvalue weighted by Crippen LogP contribution is 2.16. The maximum absolute atomic E-state index is 14.3. The van der Waals surface area contributed by atoms with Crippen molar-refractivity contribution in [2.24, 2.45) is 0 Å². The van der Waals surface area contributed by atoms with Gasteiger partial charge in [0.2, 0.25) is 0 Å². The van der Waals surface area contributed by atoms with Crippen LogP contribution in [0.15, 0.2) is 36.7 Å². The molecule has 0 unspecified atom stereocenters. The van der Waals surface area contributed by atoms with Gasteiger partial charge in [0.05, 0.1) is 5.69 Å². The predicted octanol–water partition coefficient (Wildman–Crippen LogP) is 2.15. The number of benzene rings is 1. The summed E-state index contributed by atoms with van der Waals surface area (Å²) in [6, 6.07) is 7.20. The van der Waals surface area contributed by atoms with Crippen molar-refractivity contribution in [3.63, 3.8) is 0 Å². The highest BCUT2D eigenvalue weighted by Gasteiger charge is 2.14. The zero-order valence-corrected chi connectivity index (χ0v) is 12.4. The highest BCUT2D eigenvalue weighted by atomic mass is 19.1. The number of rotatable bonds is 3. The Balaban J connectivity index is 1.71. The molecule has 21 heavy (non-hydrogen) atoms. The minimum atomic E-state index is -0.152. The Hall–Kier alpha value is -1.72. The normalized spacial score (nSPS) is 17.8. The van der Waals surface area contributed by atoms with Crippen molar-refractivity contribution in [1.29, 1.82) is 0 Å². The number of likely N-dealkylation sites (N-methyl/N-ethyl adjacent to an activating group) is 1. The summed E-state index contributed by atoms with van der Waals surface area (Å²) in [5.41, 5.74) is 1.52. The van der Waals surface area contributed by atoms with Crippen molar-refractivity contribution in [2.45, 2.75) is 13.0 Å². The average molecular weight is 288 g/mol. The fourth-order valence-corrected chi connectivity index (χ4v) is 2.73. The van der Waals surface area contributed by atoms with Crippen LogP contribution in [-0.4, -0.2) is 52.8 Å². The SMILES string of the molecule is CN1CCCN(Cc2ccc(-n3cccn3)cc2F)CC1. The molecule has 0 saturated carbocycles. The monoisotopic (exact) mass is 288 g/mol. The van der Waals surface area contributed by atoms with E-state index in [-0.39, 0.29) is 5.82 Å². The maximum atomic E-state index is 14.3. The molecule has 0 spiro atoms. The van der Waals surface area contributed by atoms with Gasteiger partial charge in [0.1, 0.15) is 5.82 Å². The minimum absolute atomic E-state index is 0.152. The van der Waals surface area contributed by atoms with Crippen LogP contribution in [0.4, 0.5) is 4.39 Å². The smallest absolute Gasteiger partial charge is 0.129 e. The van der Waals surface area contributed by atoms with E-state index in [9.17, 15) is 4.39 Å². The third-order valence-electron chi connectivity index (χ3n) is 4.01. The van der Waals surface area contributed by atoms with Gasteiger partial charge < -0.3 is 4.90 Å². The number of aromatic nitrogens is 2. The van der Waals surface area contributed by atoms with Crippen LogP contribution in [0, 0.1) is 5.82 Å². The van der Waals surface area contributed by atoms with Crippen LogP contribution >= 0.6 is 0 Å². The molecule has 0 N–H and O–H groups in total. The summed E-state index contributed by atoms with van der Waals surface area (Å²) in [5, 5.41) is 4.13. The minimum Gasteiger partial charge on any atom is -0.305 e. The second-order valence-corrected chi connectivity index (χ2v) is 5.66. The third kappa shape index (κ3) is 3.49. The summed E-state index contributed by atoms with van der Waals surface area (Å²) in [4.78, 5) is 4.66. The lowest BCUT2D eigenvalue weighted by molar-refractivity contribution is 0.266. The molecule has 0 atom stereocenters. The summed E-state index contributed by atoms with van der Waals surface area (Å²) < 4.78 is 16.0. The quantitative estimate of drug-likeness (QED) is 0.865. The van der Waals surface area contributed by atoms with Gasteiger partial charge in [0.15, 0.2) is 0 Å². The Morgan fingerprint density at radius 1 is 1.19 bits per heavy atom. The third-order valence-corrected chi connectivity index (χ3v) is 4.01. The molecular formula is C16H21FN4. The molecule has 2 heterocycles. The zero-order chi connectivity index (χ0) is 14.7. The molecule has 0 amide bonds. The van der Waals surface area contributed by atoms with Crippen LogP contribution in [0.1, 0.15) is 12.0 Å². The number of halogens is 1. The van der Waals surface area contributed by atoms with Gasteiger partial charge in [-0.25, -0.2) is 9.07 Å². The van der Waals surface area contributed by atoms with Gasteiger partial charge in [0.25, 0.3) is 0 Å². The molecule has 1 saturated heterocycles. The van der Waals surface area contributed by atoms with E-state index in [0.717, 1.165) is 43.9 Å². The Bertz CT molecular complexity index is 582. The second-order valence-electron chi connectivity index (χ2n) is 5.66. The average Bonchev–Trinajstić information content (AvgIpc) is 2.93. The van der Waals surface area contributed by atoms with E-state index in [1.807, 2.05) is 24.4 Å². The molecule has 112 valence electrons. The van der Waals surface area contributed by atoms with Gasteiger partial charge >= 0.3 is 0 Å². The molecule has 1 aliphatic rings. The van der Waals surface area contributed by atoms with Gasteiger partial charge in [-0.05, 0) is 44.8 Å². The topological polar surface area (TPSA) is 24.3 Å². The first kappa shape index (κ1) is 14.2. The number of hydrogen-bond donors (Lipinski definition) is 0. The largest absolute Gasteiger partial charge is 0.305 e. The molecule has 0 radical (unpaired) electrons. The fraction of sp³-hybridized carbons (Fsp3) is 0.438. The van der Waals surface area contributed by atoms with Crippen molar-refractivity contribution < 1.29 is 4.39 Å². The van der Waals surface area contributed by atoms with Gasteiger partial charge in [0, 0.05) is 37.6 Å². The van der Waals surface area contributed by atoms with Crippen LogP contribution in [-0.2, 0) is 6.54 Å². The van der Waals surface area contributed by atoms with Crippen LogP contribution in [0.3, 0.4) is 0 Å². The Morgan fingerprint density at radius 3 is 2.86 bits per heavy atom. The summed E-state index contributed by atoms with van der Waals surface area (Å²) in [7, 11) is 2.14. The van der Waals surface area contributed by atoms with Crippen molar-refractivity contribution in [3.8, 4) is 5.69 Å². The molecule has 1 aromatic heterocycles. The highest BCUT2D eigenvalue weighted by molar-refractivity contribution is 5.35. The van der Waals surface area contributed by atoms with E-state index in [2.05, 4.69) is 21.9 Å². The lowest BCUT2D eigenvalue weighted by atomic mass is 10.1. The van der Waals surface area contributed by atoms with E-state index in [0.29, 0.717) is 6.54 Å². The summed E-state index contributed by atoms with van der Waals surface area (Å²) >= 11 is 0. The van der Waals surface area contributed by atoms with Crippen molar-refractivity contribution >= 4 is 0 Å². The van der Waals surface area contributed by atoms with E-state index in [1.165, 1.54) is 0 Å². The molecular weight excluding hydrogens is 267 g/mol. The molecule has 5 heteroatoms. The summed E-state index contributed by atoms with van der Waals surface area (Å²) in [5.74, 6) is -0.152. The molecule has 4 nitrogen and oxygen atoms in total. The Labute approximate surface area is 124 Å². The standard InChI is InChI=1S/C16H21FN4/c1-19-7-3-8-20(11-10-19)13-14-4-5-15(12-16(14)17)21-9-2-6-18-21/h2,4-6,9,12H,3,7-8,10-11,13H2,1H3. The van der Waals surface area contributed by atoms with Gasteiger partial charge in [-0.2, -0.15) is 5.10 Å². The maximum Gasteiger partial charge on any atom is 0.129 e. The molecule has 3 rings (SSSR count). The van der Waals surface area contributed by atoms with Gasteiger partial charge in [-0.1, -0.05) is 6.07 Å². The molecule has 1 aromatic carbocycles. The van der Waals surface area contributed by atoms with Crippen LogP contribution in [0.5, 0.6) is 0 Å². The number of hydrogen-bond acceptors (Lipinski definition) is 3. The van der Waals surface area contributed by atoms with Crippen LogP contribution < -0.4 is 0 Å². The summed E-state index contributed by atoms with van der Waals surface area (Å²) in [6.07, 6.45) is 4.65. The number of nitrogens with zero attached hydrogens (tertiary/aromatic N) is 4. The van der Waals surface area contributed by atoms with Crippen LogP contribution in [0.25, 0.3) is 5.69 Å². The summed E-state index contributed by atoms with van der Waals surface area (Å²) in [6.45, 7) is 4.88. The molecule has 2 aromatic rings. The van der Waals surface area contributed by atoms with E-state index >= 15 is 0 Å². The first-order chi connectivity index (χ1) is 10.2. The van der Waals surface area contributed by atoms with Gasteiger partial charge in [-0.3, -0.25) is 4.90 Å². The first-order valence-corrected chi connectivity index (χ1v) is 7.42. The van der Waals surface area contributed by atoms with E-state index in [1.54, 1.807) is 16.9 Å². The Kier molecular flexibility index (Phi) is 4.31. The van der Waals surface area contributed by atoms with Crippen molar-refractivity contribution in [1.82, 2.24) is 19.6 Å². The second kappa shape index (κ2) is 6.37. The zero-order valence-electron chi connectivity index (χ0n) is 12.4. The van der Waals surface area contributed by atoms with E-state index in [4.69, 9.17) is 0 Å². The predicted molar refractivity (Wildman–Crippen MR) is 80.9 cm³/mol. The molecule has 1 aliphatic heterocycles. The lowest BCUT2D eigenvalue weighted by Gasteiger charge is -2.20. The molecule has 1 fully saturated rings. The Morgan fingerprint density at radius 2 is 2.10 bits per heavy atom.